The van der Waals surface area contributed by atoms with Crippen LogP contribution in [0.3, 0.4) is 0 Å². The molecule has 0 unspecified atom stereocenters. The lowest BCUT2D eigenvalue weighted by atomic mass is 9.98. The first-order chi connectivity index (χ1) is 11.2. The number of halogens is 3. The van der Waals surface area contributed by atoms with Crippen LogP contribution in [0.15, 0.2) is 36.9 Å². The quantitative estimate of drug-likeness (QED) is 0.521. The Balaban J connectivity index is 0.00000288. The van der Waals surface area contributed by atoms with Crippen molar-refractivity contribution in [3.8, 4) is 5.75 Å². The summed E-state index contributed by atoms with van der Waals surface area (Å²) in [5, 5.41) is 3.36. The lowest BCUT2D eigenvalue weighted by Gasteiger charge is -2.35. The van der Waals surface area contributed by atoms with Gasteiger partial charge in [-0.15, -0.1) is 19.0 Å². The van der Waals surface area contributed by atoms with E-state index in [-0.39, 0.29) is 24.2 Å². The SMILES string of the molecule is C=CCCCC[C@H](c1cccc(OC(F)F)c1)N1CCNCC1.Cl. The Hall–Kier alpha value is -1.17. The van der Waals surface area contributed by atoms with Crippen molar-refractivity contribution in [1.82, 2.24) is 10.2 Å². The molecule has 0 aromatic heterocycles. The summed E-state index contributed by atoms with van der Waals surface area (Å²) in [4.78, 5) is 2.44. The molecule has 0 aliphatic carbocycles. The monoisotopic (exact) mass is 360 g/mol. The highest BCUT2D eigenvalue weighted by atomic mass is 35.5. The third-order valence-electron chi connectivity index (χ3n) is 4.20. The molecule has 1 saturated heterocycles. The normalized spacial score (nSPS) is 16.5. The van der Waals surface area contributed by atoms with Gasteiger partial charge in [0.2, 0.25) is 0 Å². The molecule has 0 spiro atoms. The van der Waals surface area contributed by atoms with Gasteiger partial charge in [0.15, 0.2) is 0 Å². The number of hydrogen-bond acceptors (Lipinski definition) is 3. The van der Waals surface area contributed by atoms with Gasteiger partial charge in [0.1, 0.15) is 5.75 Å². The van der Waals surface area contributed by atoms with E-state index in [0.717, 1.165) is 57.4 Å². The summed E-state index contributed by atoms with van der Waals surface area (Å²) in [5.41, 5.74) is 1.06. The molecule has 0 radical (unpaired) electrons. The minimum Gasteiger partial charge on any atom is -0.435 e. The minimum atomic E-state index is -2.78. The molecule has 1 heterocycles. The van der Waals surface area contributed by atoms with Crippen LogP contribution in [0.1, 0.15) is 37.3 Å². The summed E-state index contributed by atoms with van der Waals surface area (Å²) >= 11 is 0. The molecule has 1 fully saturated rings. The van der Waals surface area contributed by atoms with Crippen molar-refractivity contribution in [3.05, 3.63) is 42.5 Å². The average molecular weight is 361 g/mol. The fourth-order valence-corrected chi connectivity index (χ4v) is 3.08. The molecule has 2 rings (SSSR count). The maximum absolute atomic E-state index is 12.4. The van der Waals surface area contributed by atoms with Crippen molar-refractivity contribution in [2.45, 2.75) is 38.3 Å². The number of ether oxygens (including phenoxy) is 1. The van der Waals surface area contributed by atoms with Gasteiger partial charge in [-0.2, -0.15) is 8.78 Å². The first-order valence-corrected chi connectivity index (χ1v) is 8.31. The van der Waals surface area contributed by atoms with E-state index in [2.05, 4.69) is 21.5 Å². The molecule has 0 saturated carbocycles. The summed E-state index contributed by atoms with van der Waals surface area (Å²) in [7, 11) is 0. The smallest absolute Gasteiger partial charge is 0.387 e. The number of rotatable bonds is 9. The first kappa shape index (κ1) is 20.9. The molecule has 3 nitrogen and oxygen atoms in total. The van der Waals surface area contributed by atoms with E-state index in [1.54, 1.807) is 18.2 Å². The molecule has 1 aromatic rings. The summed E-state index contributed by atoms with van der Waals surface area (Å²) < 4.78 is 29.4. The predicted molar refractivity (Wildman–Crippen MR) is 96.2 cm³/mol. The number of nitrogens with one attached hydrogen (secondary N) is 1. The Morgan fingerprint density at radius 3 is 2.67 bits per heavy atom. The zero-order valence-corrected chi connectivity index (χ0v) is 14.7. The first-order valence-electron chi connectivity index (χ1n) is 8.31. The fourth-order valence-electron chi connectivity index (χ4n) is 3.08. The van der Waals surface area contributed by atoms with E-state index in [1.165, 1.54) is 0 Å². The standard InChI is InChI=1S/C18H26F2N2O.ClH/c1-2-3-4-5-9-17(22-12-10-21-11-13-22)15-7-6-8-16(14-15)23-18(19)20;/h2,6-8,14,17-18,21H,1,3-5,9-13H2;1H/t17-;/m1./s1. The van der Waals surface area contributed by atoms with Crippen molar-refractivity contribution in [3.63, 3.8) is 0 Å². The fraction of sp³-hybridized carbons (Fsp3) is 0.556. The largest absolute Gasteiger partial charge is 0.435 e. The van der Waals surface area contributed by atoms with Gasteiger partial charge in [-0.3, -0.25) is 4.90 Å². The van der Waals surface area contributed by atoms with Gasteiger partial charge in [0, 0.05) is 32.2 Å². The summed E-state index contributed by atoms with van der Waals surface area (Å²) in [6, 6.07) is 7.40. The average Bonchev–Trinajstić information content (AvgIpc) is 2.55. The Morgan fingerprint density at radius 1 is 1.25 bits per heavy atom. The van der Waals surface area contributed by atoms with Gasteiger partial charge in [0.05, 0.1) is 0 Å². The number of allylic oxidation sites excluding steroid dienone is 1. The number of hydrogen-bond donors (Lipinski definition) is 1. The second kappa shape index (κ2) is 11.4. The van der Waals surface area contributed by atoms with Crippen LogP contribution in [0.4, 0.5) is 8.78 Å². The zero-order chi connectivity index (χ0) is 16.5. The van der Waals surface area contributed by atoms with Crippen molar-refractivity contribution in [2.24, 2.45) is 0 Å². The van der Waals surface area contributed by atoms with Crippen LogP contribution >= 0.6 is 12.4 Å². The molecule has 136 valence electrons. The summed E-state index contributed by atoms with van der Waals surface area (Å²) in [6.45, 7) is 4.87. The van der Waals surface area contributed by atoms with E-state index in [9.17, 15) is 8.78 Å². The third kappa shape index (κ3) is 6.75. The van der Waals surface area contributed by atoms with Crippen LogP contribution in [-0.2, 0) is 0 Å². The Labute approximate surface area is 149 Å². The Kier molecular flexibility index (Phi) is 9.91. The lowest BCUT2D eigenvalue weighted by Crippen LogP contribution is -2.45. The van der Waals surface area contributed by atoms with Gasteiger partial charge in [0.25, 0.3) is 0 Å². The number of nitrogens with zero attached hydrogens (tertiary/aromatic N) is 1. The van der Waals surface area contributed by atoms with Crippen LogP contribution in [0, 0.1) is 0 Å². The van der Waals surface area contributed by atoms with Crippen LogP contribution in [-0.4, -0.2) is 37.7 Å². The number of alkyl halides is 2. The van der Waals surface area contributed by atoms with Gasteiger partial charge < -0.3 is 10.1 Å². The number of piperazine rings is 1. The highest BCUT2D eigenvalue weighted by Crippen LogP contribution is 2.30. The highest BCUT2D eigenvalue weighted by Gasteiger charge is 2.22. The van der Waals surface area contributed by atoms with Crippen molar-refractivity contribution < 1.29 is 13.5 Å². The molecule has 6 heteroatoms. The second-order valence-corrected chi connectivity index (χ2v) is 5.83. The van der Waals surface area contributed by atoms with E-state index in [0.29, 0.717) is 0 Å². The lowest BCUT2D eigenvalue weighted by molar-refractivity contribution is -0.0499. The molecule has 1 aliphatic rings. The van der Waals surface area contributed by atoms with Gasteiger partial charge in [-0.05, 0) is 37.0 Å². The molecular formula is C18H27ClF2N2O. The summed E-state index contributed by atoms with van der Waals surface area (Å²) in [6.07, 6.45) is 6.19. The maximum Gasteiger partial charge on any atom is 0.387 e. The maximum atomic E-state index is 12.4. The van der Waals surface area contributed by atoms with Crippen LogP contribution in [0.25, 0.3) is 0 Å². The van der Waals surface area contributed by atoms with Gasteiger partial charge in [-0.25, -0.2) is 0 Å². The minimum absolute atomic E-state index is 0. The van der Waals surface area contributed by atoms with E-state index >= 15 is 0 Å². The van der Waals surface area contributed by atoms with Crippen LogP contribution in [0.5, 0.6) is 5.75 Å². The summed E-state index contributed by atoms with van der Waals surface area (Å²) in [5.74, 6) is 0.240. The molecule has 1 aromatic carbocycles. The Bertz CT molecular complexity index is 482. The molecule has 0 amide bonds. The number of unbranched alkanes of at least 4 members (excludes halogenated alkanes) is 2. The molecule has 1 N–H and O–H groups in total. The molecule has 0 bridgehead atoms. The van der Waals surface area contributed by atoms with E-state index in [4.69, 9.17) is 0 Å². The molecular weight excluding hydrogens is 334 g/mol. The van der Waals surface area contributed by atoms with Crippen LogP contribution < -0.4 is 10.1 Å². The second-order valence-electron chi connectivity index (χ2n) is 5.83. The zero-order valence-electron chi connectivity index (χ0n) is 13.9. The molecule has 24 heavy (non-hydrogen) atoms. The van der Waals surface area contributed by atoms with Gasteiger partial charge in [-0.1, -0.05) is 24.6 Å². The molecule has 1 aliphatic heterocycles. The van der Waals surface area contributed by atoms with Crippen molar-refractivity contribution in [1.29, 1.82) is 0 Å². The number of benzene rings is 1. The third-order valence-corrected chi connectivity index (χ3v) is 4.20. The van der Waals surface area contributed by atoms with Gasteiger partial charge >= 0.3 is 6.61 Å². The molecule has 1 atom stereocenters. The Morgan fingerprint density at radius 2 is 2.00 bits per heavy atom. The van der Waals surface area contributed by atoms with Crippen LogP contribution in [0.2, 0.25) is 0 Å². The van der Waals surface area contributed by atoms with E-state index in [1.807, 2.05) is 12.1 Å². The van der Waals surface area contributed by atoms with Crippen molar-refractivity contribution >= 4 is 12.4 Å². The van der Waals surface area contributed by atoms with Crippen molar-refractivity contribution in [2.75, 3.05) is 26.2 Å². The highest BCUT2D eigenvalue weighted by molar-refractivity contribution is 5.85. The predicted octanol–water partition coefficient (Wildman–Crippen LogP) is 4.40. The topological polar surface area (TPSA) is 24.5 Å². The van der Waals surface area contributed by atoms with E-state index < -0.39 is 6.61 Å².